The molecule has 6 heteroatoms. The average Bonchev–Trinajstić information content (AvgIpc) is 3.34. The lowest BCUT2D eigenvalue weighted by atomic mass is 10.1. The van der Waals surface area contributed by atoms with E-state index >= 15 is 0 Å². The van der Waals surface area contributed by atoms with Crippen molar-refractivity contribution in [1.29, 1.82) is 0 Å². The van der Waals surface area contributed by atoms with Crippen LogP contribution in [0.2, 0.25) is 0 Å². The van der Waals surface area contributed by atoms with Gasteiger partial charge in [0, 0.05) is 24.3 Å². The molecule has 142 valence electrons. The molecule has 2 aliphatic heterocycles. The van der Waals surface area contributed by atoms with E-state index in [-0.39, 0.29) is 18.4 Å². The fourth-order valence-electron chi connectivity index (χ4n) is 4.35. The van der Waals surface area contributed by atoms with Crippen molar-refractivity contribution < 1.29 is 19.1 Å². The second-order valence-electron chi connectivity index (χ2n) is 7.46. The van der Waals surface area contributed by atoms with Crippen LogP contribution in [0.15, 0.2) is 41.0 Å². The number of hydrogen-bond donors (Lipinski definition) is 1. The Morgan fingerprint density at radius 1 is 1.26 bits per heavy atom. The van der Waals surface area contributed by atoms with Crippen molar-refractivity contribution in [2.75, 3.05) is 11.4 Å². The number of para-hydroxylation sites is 1. The van der Waals surface area contributed by atoms with Crippen molar-refractivity contribution in [1.82, 2.24) is 4.90 Å². The first-order valence-electron chi connectivity index (χ1n) is 9.48. The number of aliphatic carboxylic acids is 1. The van der Waals surface area contributed by atoms with Crippen molar-refractivity contribution >= 4 is 17.6 Å². The number of nitrogens with zero attached hydrogens (tertiary/aromatic N) is 2. The number of furan rings is 1. The average molecular weight is 368 g/mol. The summed E-state index contributed by atoms with van der Waals surface area (Å²) in [4.78, 5) is 28.1. The first-order valence-corrected chi connectivity index (χ1v) is 9.48. The van der Waals surface area contributed by atoms with Crippen molar-refractivity contribution in [3.05, 3.63) is 53.5 Å². The minimum Gasteiger partial charge on any atom is -0.481 e. The monoisotopic (exact) mass is 368 g/mol. The number of carboxylic acids is 1. The van der Waals surface area contributed by atoms with Gasteiger partial charge in [-0.25, -0.2) is 0 Å². The molecule has 1 fully saturated rings. The molecule has 0 saturated carbocycles. The second-order valence-corrected chi connectivity index (χ2v) is 7.46. The number of carbonyl (C=O) groups excluding carboxylic acids is 1. The van der Waals surface area contributed by atoms with E-state index in [0.717, 1.165) is 19.3 Å². The quantitative estimate of drug-likeness (QED) is 0.876. The van der Waals surface area contributed by atoms with Crippen LogP contribution in [0.25, 0.3) is 0 Å². The number of likely N-dealkylation sites (tertiary alicyclic amines) is 1. The summed E-state index contributed by atoms with van der Waals surface area (Å²) in [5.74, 6) is -0.346. The van der Waals surface area contributed by atoms with E-state index in [1.807, 2.05) is 12.1 Å². The van der Waals surface area contributed by atoms with Gasteiger partial charge >= 0.3 is 5.97 Å². The maximum absolute atomic E-state index is 13.1. The van der Waals surface area contributed by atoms with Crippen LogP contribution in [0.3, 0.4) is 0 Å². The molecule has 0 radical (unpaired) electrons. The molecule has 1 aromatic carbocycles. The summed E-state index contributed by atoms with van der Waals surface area (Å²) in [6.07, 6.45) is 4.11. The Balaban J connectivity index is 1.55. The van der Waals surface area contributed by atoms with E-state index in [0.29, 0.717) is 30.5 Å². The molecule has 2 atom stereocenters. The van der Waals surface area contributed by atoms with Crippen molar-refractivity contribution in [2.24, 2.45) is 0 Å². The van der Waals surface area contributed by atoms with Gasteiger partial charge in [-0.15, -0.1) is 0 Å². The fourth-order valence-corrected chi connectivity index (χ4v) is 4.35. The SMILES string of the molecule is CC1Cc2ccccc2N1Cc1occc1C(=O)N1CCCC1CC(=O)O. The molecule has 1 N–H and O–H groups in total. The molecule has 3 heterocycles. The minimum atomic E-state index is -0.866. The number of carbonyl (C=O) groups is 2. The molecule has 6 nitrogen and oxygen atoms in total. The van der Waals surface area contributed by atoms with E-state index in [1.165, 1.54) is 11.3 Å². The van der Waals surface area contributed by atoms with Crippen LogP contribution in [-0.4, -0.2) is 40.5 Å². The molecule has 2 unspecified atom stereocenters. The van der Waals surface area contributed by atoms with Gasteiger partial charge in [0.15, 0.2) is 0 Å². The van der Waals surface area contributed by atoms with Gasteiger partial charge in [-0.2, -0.15) is 0 Å². The van der Waals surface area contributed by atoms with Crippen LogP contribution in [0.1, 0.15) is 47.9 Å². The third-order valence-electron chi connectivity index (χ3n) is 5.69. The number of fused-ring (bicyclic) bond motifs is 1. The van der Waals surface area contributed by atoms with E-state index < -0.39 is 5.97 Å². The van der Waals surface area contributed by atoms with Gasteiger partial charge < -0.3 is 19.3 Å². The Morgan fingerprint density at radius 2 is 2.07 bits per heavy atom. The van der Waals surface area contributed by atoms with Crippen LogP contribution < -0.4 is 4.90 Å². The fraction of sp³-hybridized carbons (Fsp3) is 0.429. The van der Waals surface area contributed by atoms with Gasteiger partial charge in [-0.1, -0.05) is 18.2 Å². The summed E-state index contributed by atoms with van der Waals surface area (Å²) in [6, 6.07) is 10.1. The maximum atomic E-state index is 13.1. The van der Waals surface area contributed by atoms with Gasteiger partial charge in [-0.05, 0) is 43.9 Å². The third kappa shape index (κ3) is 3.31. The topological polar surface area (TPSA) is 74.0 Å². The number of anilines is 1. The summed E-state index contributed by atoms with van der Waals surface area (Å²) in [5.41, 5.74) is 3.04. The number of amides is 1. The first kappa shape index (κ1) is 17.6. The van der Waals surface area contributed by atoms with Crippen LogP contribution in [-0.2, 0) is 17.8 Å². The van der Waals surface area contributed by atoms with E-state index in [1.54, 1.807) is 17.2 Å². The summed E-state index contributed by atoms with van der Waals surface area (Å²) in [6.45, 7) is 3.31. The highest BCUT2D eigenvalue weighted by Crippen LogP contribution is 2.34. The zero-order valence-corrected chi connectivity index (χ0v) is 15.4. The highest BCUT2D eigenvalue weighted by atomic mass is 16.4. The number of rotatable bonds is 5. The van der Waals surface area contributed by atoms with Crippen molar-refractivity contribution in [3.63, 3.8) is 0 Å². The Morgan fingerprint density at radius 3 is 2.89 bits per heavy atom. The Kier molecular flexibility index (Phi) is 4.64. The van der Waals surface area contributed by atoms with E-state index in [9.17, 15) is 9.59 Å². The molecule has 0 bridgehead atoms. The van der Waals surface area contributed by atoms with Crippen LogP contribution in [0, 0.1) is 0 Å². The van der Waals surface area contributed by atoms with Gasteiger partial charge in [0.25, 0.3) is 5.91 Å². The molecule has 1 saturated heterocycles. The third-order valence-corrected chi connectivity index (χ3v) is 5.69. The highest BCUT2D eigenvalue weighted by molar-refractivity contribution is 5.96. The molecule has 0 aliphatic carbocycles. The first-order chi connectivity index (χ1) is 13.0. The predicted octanol–water partition coefficient (Wildman–Crippen LogP) is 3.31. The van der Waals surface area contributed by atoms with Gasteiger partial charge in [0.1, 0.15) is 5.76 Å². The minimum absolute atomic E-state index is 0.00450. The number of benzene rings is 1. The molecule has 2 aromatic rings. The van der Waals surface area contributed by atoms with Crippen LogP contribution >= 0.6 is 0 Å². The van der Waals surface area contributed by atoms with Gasteiger partial charge in [0.05, 0.1) is 24.8 Å². The lowest BCUT2D eigenvalue weighted by Gasteiger charge is -2.26. The summed E-state index contributed by atoms with van der Waals surface area (Å²) >= 11 is 0. The van der Waals surface area contributed by atoms with Crippen LogP contribution in [0.5, 0.6) is 0 Å². The van der Waals surface area contributed by atoms with E-state index in [4.69, 9.17) is 9.52 Å². The zero-order valence-electron chi connectivity index (χ0n) is 15.4. The molecule has 0 spiro atoms. The predicted molar refractivity (Wildman–Crippen MR) is 101 cm³/mol. The molecule has 1 amide bonds. The molecular weight excluding hydrogens is 344 g/mol. The maximum Gasteiger partial charge on any atom is 0.305 e. The molecular formula is C21H24N2O4. The zero-order chi connectivity index (χ0) is 19.0. The molecule has 27 heavy (non-hydrogen) atoms. The molecule has 1 aromatic heterocycles. The summed E-state index contributed by atoms with van der Waals surface area (Å²) < 4.78 is 5.68. The second kappa shape index (κ2) is 7.10. The Hall–Kier alpha value is -2.76. The molecule has 2 aliphatic rings. The lowest BCUT2D eigenvalue weighted by Crippen LogP contribution is -2.37. The van der Waals surface area contributed by atoms with Crippen molar-refractivity contribution in [2.45, 2.75) is 51.2 Å². The summed E-state index contributed by atoms with van der Waals surface area (Å²) in [5, 5.41) is 9.11. The van der Waals surface area contributed by atoms with Gasteiger partial charge in [-0.3, -0.25) is 9.59 Å². The Labute approximate surface area is 158 Å². The number of hydrogen-bond acceptors (Lipinski definition) is 4. The highest BCUT2D eigenvalue weighted by Gasteiger charge is 2.34. The van der Waals surface area contributed by atoms with Crippen molar-refractivity contribution in [3.8, 4) is 0 Å². The van der Waals surface area contributed by atoms with E-state index in [2.05, 4.69) is 24.0 Å². The largest absolute Gasteiger partial charge is 0.481 e. The smallest absolute Gasteiger partial charge is 0.305 e. The lowest BCUT2D eigenvalue weighted by molar-refractivity contribution is -0.137. The van der Waals surface area contributed by atoms with Crippen LogP contribution in [0.4, 0.5) is 5.69 Å². The number of carboxylic acid groups (broad SMARTS) is 1. The summed E-state index contributed by atoms with van der Waals surface area (Å²) in [7, 11) is 0. The standard InChI is InChI=1S/C21H24N2O4/c1-14-11-15-5-2-3-7-18(15)23(14)13-19-17(8-10-27-19)21(26)22-9-4-6-16(22)12-20(24)25/h2-3,5,7-8,10,14,16H,4,6,9,11-13H2,1H3,(H,24,25). The van der Waals surface area contributed by atoms with Gasteiger partial charge in [0.2, 0.25) is 0 Å². The normalized spacial score (nSPS) is 21.5. The Bertz CT molecular complexity index is 859. The molecule has 4 rings (SSSR count).